The summed E-state index contributed by atoms with van der Waals surface area (Å²) in [6.07, 6.45) is -0.404. The maximum atomic E-state index is 12.8. The first-order chi connectivity index (χ1) is 17.5. The largest absolute Gasteiger partial charge is 0.491 e. The highest BCUT2D eigenvalue weighted by Crippen LogP contribution is 2.34. The fourth-order valence-corrected chi connectivity index (χ4v) is 4.98. The SMILES string of the molecule is CC(Oc1ccc(Cl)cc1)c1nnc(SCC(=O)NC2COc3ccc(Cl)cc32)n1-c1ccccc1. The molecule has 5 rings (SSSR count). The predicted octanol–water partition coefficient (Wildman–Crippen LogP) is 6.06. The number of para-hydroxylation sites is 1. The molecule has 0 radical (unpaired) electrons. The molecule has 3 aromatic carbocycles. The molecule has 10 heteroatoms. The Balaban J connectivity index is 1.32. The summed E-state index contributed by atoms with van der Waals surface area (Å²) in [5.41, 5.74) is 1.75. The maximum Gasteiger partial charge on any atom is 0.231 e. The third-order valence-corrected chi connectivity index (χ3v) is 7.00. The predicted molar refractivity (Wildman–Crippen MR) is 140 cm³/mol. The minimum absolute atomic E-state index is 0.143. The van der Waals surface area contributed by atoms with E-state index in [9.17, 15) is 4.79 Å². The zero-order chi connectivity index (χ0) is 25.1. The van der Waals surface area contributed by atoms with Gasteiger partial charge in [-0.25, -0.2) is 0 Å². The van der Waals surface area contributed by atoms with Crippen LogP contribution in [0.1, 0.15) is 30.5 Å². The smallest absolute Gasteiger partial charge is 0.231 e. The van der Waals surface area contributed by atoms with Crippen molar-refractivity contribution in [2.75, 3.05) is 12.4 Å². The van der Waals surface area contributed by atoms with Crippen molar-refractivity contribution in [1.29, 1.82) is 0 Å². The first-order valence-corrected chi connectivity index (χ1v) is 13.0. The number of thioether (sulfide) groups is 1. The highest BCUT2D eigenvalue weighted by atomic mass is 35.5. The Hall–Kier alpha value is -3.20. The Bertz CT molecular complexity index is 1370. The average Bonchev–Trinajstić information content (AvgIpc) is 3.49. The number of rotatable bonds is 8. The second kappa shape index (κ2) is 10.8. The summed E-state index contributed by atoms with van der Waals surface area (Å²) in [6, 6.07) is 22.0. The average molecular weight is 541 g/mol. The molecule has 2 atom stereocenters. The summed E-state index contributed by atoms with van der Waals surface area (Å²) in [7, 11) is 0. The molecule has 1 aliphatic rings. The molecule has 1 N–H and O–H groups in total. The number of nitrogens with zero attached hydrogens (tertiary/aromatic N) is 3. The van der Waals surface area contributed by atoms with Crippen LogP contribution in [-0.4, -0.2) is 33.0 Å². The van der Waals surface area contributed by atoms with Crippen molar-refractivity contribution in [1.82, 2.24) is 20.1 Å². The third kappa shape index (κ3) is 5.46. The molecule has 0 spiro atoms. The monoisotopic (exact) mass is 540 g/mol. The topological polar surface area (TPSA) is 78.3 Å². The minimum atomic E-state index is -0.404. The number of halogens is 2. The normalized spacial score (nSPS) is 15.1. The van der Waals surface area contributed by atoms with Gasteiger partial charge < -0.3 is 14.8 Å². The van der Waals surface area contributed by atoms with Crippen molar-refractivity contribution in [2.24, 2.45) is 0 Å². The standard InChI is InChI=1S/C26H22Cl2N4O3S/c1-16(35-20-10-7-17(27)8-11-20)25-30-31-26(32(25)19-5-3-2-4-6-19)36-15-24(33)29-22-14-34-23-12-9-18(28)13-21(22)23/h2-13,16,22H,14-15H2,1H3,(H,29,33). The molecule has 184 valence electrons. The highest BCUT2D eigenvalue weighted by Gasteiger charge is 2.27. The fraction of sp³-hybridized carbons (Fsp3) is 0.192. The van der Waals surface area contributed by atoms with Gasteiger partial charge in [0.25, 0.3) is 0 Å². The summed E-state index contributed by atoms with van der Waals surface area (Å²) in [4.78, 5) is 12.8. The Kier molecular flexibility index (Phi) is 7.36. The molecule has 36 heavy (non-hydrogen) atoms. The van der Waals surface area contributed by atoms with Crippen LogP contribution in [0.3, 0.4) is 0 Å². The summed E-state index contributed by atoms with van der Waals surface area (Å²) in [6.45, 7) is 2.28. The van der Waals surface area contributed by atoms with Crippen molar-refractivity contribution >= 4 is 40.9 Å². The molecule has 0 fully saturated rings. The maximum absolute atomic E-state index is 12.8. The molecule has 1 aromatic heterocycles. The molecule has 0 saturated heterocycles. The number of hydrogen-bond donors (Lipinski definition) is 1. The number of carbonyl (C=O) groups excluding carboxylic acids is 1. The third-order valence-electron chi connectivity index (χ3n) is 5.58. The van der Waals surface area contributed by atoms with E-state index in [0.717, 1.165) is 17.0 Å². The summed E-state index contributed by atoms with van der Waals surface area (Å²) in [5.74, 6) is 2.04. The van der Waals surface area contributed by atoms with Gasteiger partial charge in [0.2, 0.25) is 5.91 Å². The van der Waals surface area contributed by atoms with Crippen LogP contribution in [0.15, 0.2) is 78.0 Å². The van der Waals surface area contributed by atoms with Gasteiger partial charge in [-0.2, -0.15) is 0 Å². The van der Waals surface area contributed by atoms with Crippen molar-refractivity contribution < 1.29 is 14.3 Å². The van der Waals surface area contributed by atoms with Crippen LogP contribution < -0.4 is 14.8 Å². The fourth-order valence-electron chi connectivity index (χ4n) is 3.90. The zero-order valence-electron chi connectivity index (χ0n) is 19.2. The molecular formula is C26H22Cl2N4O3S. The quantitative estimate of drug-likeness (QED) is 0.274. The van der Waals surface area contributed by atoms with Crippen LogP contribution in [0.25, 0.3) is 5.69 Å². The van der Waals surface area contributed by atoms with Crippen molar-refractivity contribution in [2.45, 2.75) is 24.2 Å². The molecule has 2 unspecified atom stereocenters. The molecule has 1 aliphatic heterocycles. The van der Waals surface area contributed by atoms with Gasteiger partial charge in [-0.05, 0) is 61.5 Å². The van der Waals surface area contributed by atoms with Crippen LogP contribution in [-0.2, 0) is 4.79 Å². The van der Waals surface area contributed by atoms with Crippen LogP contribution in [0.5, 0.6) is 11.5 Å². The lowest BCUT2D eigenvalue weighted by Gasteiger charge is -2.17. The van der Waals surface area contributed by atoms with Gasteiger partial charge in [0.1, 0.15) is 18.1 Å². The number of amides is 1. The Labute approximate surface area is 222 Å². The molecule has 0 aliphatic carbocycles. The molecule has 1 amide bonds. The lowest BCUT2D eigenvalue weighted by Crippen LogP contribution is -2.30. The minimum Gasteiger partial charge on any atom is -0.491 e. The van der Waals surface area contributed by atoms with Crippen molar-refractivity contribution in [3.63, 3.8) is 0 Å². The Morgan fingerprint density at radius 2 is 1.86 bits per heavy atom. The summed E-state index contributed by atoms with van der Waals surface area (Å²) >= 11 is 13.4. The van der Waals surface area contributed by atoms with E-state index in [1.165, 1.54) is 11.8 Å². The second-order valence-corrected chi connectivity index (χ2v) is 9.94. The van der Waals surface area contributed by atoms with E-state index in [4.69, 9.17) is 32.7 Å². The van der Waals surface area contributed by atoms with E-state index in [1.54, 1.807) is 30.3 Å². The Morgan fingerprint density at radius 1 is 1.11 bits per heavy atom. The van der Waals surface area contributed by atoms with E-state index in [-0.39, 0.29) is 17.7 Å². The van der Waals surface area contributed by atoms with E-state index in [2.05, 4.69) is 15.5 Å². The van der Waals surface area contributed by atoms with E-state index >= 15 is 0 Å². The molecule has 0 saturated carbocycles. The zero-order valence-corrected chi connectivity index (χ0v) is 21.6. The van der Waals surface area contributed by atoms with E-state index < -0.39 is 6.10 Å². The van der Waals surface area contributed by atoms with Gasteiger partial charge in [-0.3, -0.25) is 9.36 Å². The summed E-state index contributed by atoms with van der Waals surface area (Å²) in [5, 5.41) is 13.6. The van der Waals surface area contributed by atoms with Gasteiger partial charge in [-0.15, -0.1) is 10.2 Å². The number of carbonyl (C=O) groups is 1. The number of nitrogens with one attached hydrogen (secondary N) is 1. The lowest BCUT2D eigenvalue weighted by molar-refractivity contribution is -0.119. The van der Waals surface area contributed by atoms with Gasteiger partial charge in [-0.1, -0.05) is 53.2 Å². The number of aromatic nitrogens is 3. The number of fused-ring (bicyclic) bond motifs is 1. The summed E-state index contributed by atoms with van der Waals surface area (Å²) < 4.78 is 13.7. The van der Waals surface area contributed by atoms with Gasteiger partial charge in [0.05, 0.1) is 11.8 Å². The van der Waals surface area contributed by atoms with Gasteiger partial charge >= 0.3 is 0 Å². The molecule has 7 nitrogen and oxygen atoms in total. The van der Waals surface area contributed by atoms with Crippen molar-refractivity contribution in [3.8, 4) is 17.2 Å². The van der Waals surface area contributed by atoms with E-state index in [1.807, 2.05) is 54.0 Å². The van der Waals surface area contributed by atoms with Crippen LogP contribution >= 0.6 is 35.0 Å². The highest BCUT2D eigenvalue weighted by molar-refractivity contribution is 7.99. The van der Waals surface area contributed by atoms with Crippen molar-refractivity contribution in [3.05, 3.63) is 94.2 Å². The van der Waals surface area contributed by atoms with Gasteiger partial charge in [0, 0.05) is 21.3 Å². The number of hydrogen-bond acceptors (Lipinski definition) is 6. The van der Waals surface area contributed by atoms with E-state index in [0.29, 0.717) is 33.4 Å². The molecule has 2 heterocycles. The van der Waals surface area contributed by atoms with Crippen LogP contribution in [0.2, 0.25) is 10.0 Å². The molecular weight excluding hydrogens is 519 g/mol. The number of ether oxygens (including phenoxy) is 2. The second-order valence-electron chi connectivity index (χ2n) is 8.13. The van der Waals surface area contributed by atoms with Gasteiger partial charge in [0.15, 0.2) is 17.1 Å². The molecule has 0 bridgehead atoms. The van der Waals surface area contributed by atoms with Crippen LogP contribution in [0.4, 0.5) is 0 Å². The molecule has 4 aromatic rings. The van der Waals surface area contributed by atoms with Crippen LogP contribution in [0, 0.1) is 0 Å². The Morgan fingerprint density at radius 3 is 2.64 bits per heavy atom. The first-order valence-electron chi connectivity index (χ1n) is 11.3. The number of benzene rings is 3. The lowest BCUT2D eigenvalue weighted by atomic mass is 10.1. The first kappa shape index (κ1) is 24.5.